The molecule has 0 heterocycles. The molecule has 2 nitrogen and oxygen atoms in total. The Morgan fingerprint density at radius 2 is 1.83 bits per heavy atom. The first-order valence-electron chi connectivity index (χ1n) is 10.9. The van der Waals surface area contributed by atoms with Gasteiger partial charge in [0.15, 0.2) is 0 Å². The lowest BCUT2D eigenvalue weighted by molar-refractivity contribution is 0.489. The molecule has 0 unspecified atom stereocenters. The maximum atomic E-state index is 6.42. The van der Waals surface area contributed by atoms with E-state index in [4.69, 9.17) is 18.6 Å². The van der Waals surface area contributed by atoms with Gasteiger partial charge in [0.25, 0.3) is 0 Å². The van der Waals surface area contributed by atoms with Crippen molar-refractivity contribution in [3.05, 3.63) is 70.4 Å². The van der Waals surface area contributed by atoms with Crippen molar-refractivity contribution in [1.29, 1.82) is 0 Å². The van der Waals surface area contributed by atoms with Crippen LogP contribution in [0.15, 0.2) is 47.6 Å². The lowest BCUT2D eigenvalue weighted by Crippen LogP contribution is -2.18. The molecule has 0 aromatic heterocycles. The van der Waals surface area contributed by atoms with Gasteiger partial charge in [0.1, 0.15) is 7.85 Å². The topological polar surface area (TPSA) is 38.4 Å². The van der Waals surface area contributed by atoms with Crippen molar-refractivity contribution in [2.45, 2.75) is 72.6 Å². The summed E-state index contributed by atoms with van der Waals surface area (Å²) < 4.78 is 0. The Bertz CT molecular complexity index is 1000. The molecule has 0 amide bonds. The molecule has 0 spiro atoms. The first-order valence-corrected chi connectivity index (χ1v) is 10.9. The average molecular weight is 398 g/mol. The number of hydrogen-bond acceptors (Lipinski definition) is 2. The summed E-state index contributed by atoms with van der Waals surface area (Å²) in [6, 6.07) is 10.5. The van der Waals surface area contributed by atoms with Gasteiger partial charge < -0.3 is 5.73 Å². The molecule has 2 N–H and O–H groups in total. The van der Waals surface area contributed by atoms with Crippen LogP contribution in [0, 0.1) is 19.3 Å². The van der Waals surface area contributed by atoms with Gasteiger partial charge in [-0.1, -0.05) is 62.6 Å². The number of hydrogen-bond donors (Lipinski definition) is 1. The van der Waals surface area contributed by atoms with Crippen LogP contribution in [-0.4, -0.2) is 13.6 Å². The highest BCUT2D eigenvalue weighted by Crippen LogP contribution is 2.54. The molecule has 30 heavy (non-hydrogen) atoms. The number of aryl methyl sites for hydroxylation is 2. The second-order valence-corrected chi connectivity index (χ2v) is 10.3. The molecule has 1 aliphatic carbocycles. The SMILES string of the molecule is [B]c1cc(C(C)=NC(=C)CC2(Cc3c(N)cccc3C(C)(C)C)CC2)c(C)cc1C. The molecule has 2 aromatic rings. The van der Waals surface area contributed by atoms with Gasteiger partial charge in [-0.15, -0.1) is 0 Å². The molecule has 1 aliphatic rings. The fourth-order valence-electron chi connectivity index (χ4n) is 4.50. The normalized spacial score (nSPS) is 15.9. The van der Waals surface area contributed by atoms with Gasteiger partial charge in [-0.3, -0.25) is 4.99 Å². The summed E-state index contributed by atoms with van der Waals surface area (Å²) in [5.41, 5.74) is 16.4. The summed E-state index contributed by atoms with van der Waals surface area (Å²) >= 11 is 0. The Morgan fingerprint density at radius 3 is 2.43 bits per heavy atom. The van der Waals surface area contributed by atoms with Gasteiger partial charge in [0, 0.05) is 17.1 Å². The van der Waals surface area contributed by atoms with Crippen LogP contribution in [0.4, 0.5) is 5.69 Å². The lowest BCUT2D eigenvalue weighted by atomic mass is 9.79. The second kappa shape index (κ2) is 8.09. The average Bonchev–Trinajstić information content (AvgIpc) is 3.37. The van der Waals surface area contributed by atoms with E-state index < -0.39 is 0 Å². The molecular weight excluding hydrogens is 363 g/mol. The van der Waals surface area contributed by atoms with E-state index in [1.165, 1.54) is 29.5 Å². The molecule has 3 heteroatoms. The van der Waals surface area contributed by atoms with Gasteiger partial charge in [-0.2, -0.15) is 0 Å². The molecule has 0 aliphatic heterocycles. The number of allylic oxidation sites excluding steroid dienone is 1. The molecule has 2 radical (unpaired) electrons. The Labute approximate surface area is 184 Å². The van der Waals surface area contributed by atoms with Gasteiger partial charge in [-0.05, 0) is 85.6 Å². The minimum Gasteiger partial charge on any atom is -0.398 e. The molecule has 0 bridgehead atoms. The summed E-state index contributed by atoms with van der Waals surface area (Å²) in [5.74, 6) is 0. The highest BCUT2D eigenvalue weighted by Gasteiger charge is 2.44. The fourth-order valence-corrected chi connectivity index (χ4v) is 4.50. The molecule has 2 aromatic carbocycles. The first-order chi connectivity index (χ1) is 13.9. The van der Waals surface area contributed by atoms with Gasteiger partial charge in [-0.25, -0.2) is 0 Å². The molecular formula is C27H35BN2. The zero-order valence-electron chi connectivity index (χ0n) is 19.5. The van der Waals surface area contributed by atoms with Crippen molar-refractivity contribution in [2.24, 2.45) is 10.4 Å². The Balaban J connectivity index is 1.80. The summed E-state index contributed by atoms with van der Waals surface area (Å²) in [7, 11) is 6.13. The largest absolute Gasteiger partial charge is 0.398 e. The standard InChI is InChI=1S/C27H35BN2/c1-17-13-18(2)24(28)14-21(17)20(4)30-19(3)15-27(11-12-27)16-22-23(26(5,6)7)9-8-10-25(22)29/h8-10,13-14H,3,11-12,15-16,29H2,1-2,4-7H3. The van der Waals surface area contributed by atoms with Crippen LogP contribution >= 0.6 is 0 Å². The van der Waals surface area contributed by atoms with E-state index >= 15 is 0 Å². The Kier molecular flexibility index (Phi) is 6.04. The van der Waals surface area contributed by atoms with E-state index in [1.54, 1.807) is 0 Å². The predicted octanol–water partition coefficient (Wildman–Crippen LogP) is 5.71. The van der Waals surface area contributed by atoms with Crippen LogP contribution < -0.4 is 11.2 Å². The Hall–Kier alpha value is -2.29. The molecule has 3 rings (SSSR count). The van der Waals surface area contributed by atoms with Crippen molar-refractivity contribution in [2.75, 3.05) is 5.73 Å². The van der Waals surface area contributed by atoms with Crippen LogP contribution in [-0.2, 0) is 11.8 Å². The number of nitrogen functional groups attached to an aromatic ring is 1. The number of benzene rings is 2. The van der Waals surface area contributed by atoms with E-state index in [0.29, 0.717) is 0 Å². The Morgan fingerprint density at radius 1 is 1.17 bits per heavy atom. The summed E-state index contributed by atoms with van der Waals surface area (Å²) in [6.07, 6.45) is 4.31. The van der Waals surface area contributed by atoms with Crippen molar-refractivity contribution in [3.8, 4) is 0 Å². The summed E-state index contributed by atoms with van der Waals surface area (Å²) in [4.78, 5) is 4.87. The number of aliphatic imine (C=N–C) groups is 1. The fraction of sp³-hybridized carbons (Fsp3) is 0.444. The van der Waals surface area contributed by atoms with Crippen molar-refractivity contribution >= 4 is 24.7 Å². The first kappa shape index (κ1) is 22.4. The third-order valence-electron chi connectivity index (χ3n) is 6.44. The highest BCUT2D eigenvalue weighted by molar-refractivity contribution is 6.33. The van der Waals surface area contributed by atoms with E-state index in [9.17, 15) is 0 Å². The van der Waals surface area contributed by atoms with Crippen LogP contribution in [0.3, 0.4) is 0 Å². The van der Waals surface area contributed by atoms with E-state index in [-0.39, 0.29) is 10.8 Å². The van der Waals surface area contributed by atoms with Crippen molar-refractivity contribution in [3.63, 3.8) is 0 Å². The zero-order chi connectivity index (χ0) is 22.3. The monoisotopic (exact) mass is 398 g/mol. The third kappa shape index (κ3) is 4.88. The predicted molar refractivity (Wildman–Crippen MR) is 132 cm³/mol. The number of rotatable bonds is 6. The van der Waals surface area contributed by atoms with Gasteiger partial charge >= 0.3 is 0 Å². The minimum absolute atomic E-state index is 0.0788. The highest BCUT2D eigenvalue weighted by atomic mass is 14.8. The maximum Gasteiger partial charge on any atom is 0.114 e. The number of anilines is 1. The number of nitrogens with zero attached hydrogens (tertiary/aromatic N) is 1. The summed E-state index contributed by atoms with van der Waals surface area (Å²) in [5, 5.41) is 0. The smallest absolute Gasteiger partial charge is 0.114 e. The van der Waals surface area contributed by atoms with Crippen LogP contribution in [0.2, 0.25) is 0 Å². The minimum atomic E-state index is 0.0788. The van der Waals surface area contributed by atoms with E-state index in [2.05, 4.69) is 59.4 Å². The van der Waals surface area contributed by atoms with Crippen LogP contribution in [0.1, 0.15) is 74.8 Å². The lowest BCUT2D eigenvalue weighted by Gasteiger charge is -2.26. The molecule has 156 valence electrons. The van der Waals surface area contributed by atoms with Gasteiger partial charge in [0.2, 0.25) is 0 Å². The molecule has 0 atom stereocenters. The second-order valence-electron chi connectivity index (χ2n) is 10.3. The maximum absolute atomic E-state index is 6.42. The van der Waals surface area contributed by atoms with E-state index in [0.717, 1.165) is 46.5 Å². The molecule has 1 saturated carbocycles. The van der Waals surface area contributed by atoms with Gasteiger partial charge in [0.05, 0.1) is 0 Å². The van der Waals surface area contributed by atoms with Crippen molar-refractivity contribution in [1.82, 2.24) is 0 Å². The zero-order valence-corrected chi connectivity index (χ0v) is 19.5. The third-order valence-corrected chi connectivity index (χ3v) is 6.44. The quantitative estimate of drug-likeness (QED) is 0.378. The van der Waals surface area contributed by atoms with Crippen LogP contribution in [0.5, 0.6) is 0 Å². The van der Waals surface area contributed by atoms with E-state index in [1.807, 2.05) is 19.1 Å². The van der Waals surface area contributed by atoms with Crippen LogP contribution in [0.25, 0.3) is 0 Å². The molecule has 1 fully saturated rings. The van der Waals surface area contributed by atoms with Crippen molar-refractivity contribution < 1.29 is 0 Å². The summed E-state index contributed by atoms with van der Waals surface area (Å²) in [6.45, 7) is 17.3. The molecule has 0 saturated heterocycles. The number of nitrogens with two attached hydrogens (primary N) is 1.